The van der Waals surface area contributed by atoms with Gasteiger partial charge in [0.2, 0.25) is 0 Å². The van der Waals surface area contributed by atoms with Crippen LogP contribution in [0.3, 0.4) is 0 Å². The summed E-state index contributed by atoms with van der Waals surface area (Å²) in [6.45, 7) is 18.0. The van der Waals surface area contributed by atoms with Gasteiger partial charge in [0.05, 0.1) is 0 Å². The molecule has 2 saturated carbocycles. The number of rotatable bonds is 2. The van der Waals surface area contributed by atoms with Crippen molar-refractivity contribution in [2.24, 2.45) is 22.2 Å². The number of hydrogen-bond acceptors (Lipinski definition) is 1. The Morgan fingerprint density at radius 1 is 1.06 bits per heavy atom. The normalized spacial score (nSPS) is 38.6. The lowest BCUT2D eigenvalue weighted by molar-refractivity contribution is 0.176. The highest BCUT2D eigenvalue weighted by Gasteiger charge is 2.76. The van der Waals surface area contributed by atoms with Crippen LogP contribution >= 0.6 is 0 Å². The second-order valence-corrected chi connectivity index (χ2v) is 8.61. The van der Waals surface area contributed by atoms with Gasteiger partial charge in [0, 0.05) is 5.54 Å². The van der Waals surface area contributed by atoms with E-state index in [-0.39, 0.29) is 5.54 Å². The van der Waals surface area contributed by atoms with Crippen LogP contribution in [-0.2, 0) is 0 Å². The van der Waals surface area contributed by atoms with Gasteiger partial charge in [-0.2, -0.15) is 0 Å². The van der Waals surface area contributed by atoms with Gasteiger partial charge in [-0.05, 0) is 62.3 Å². The Morgan fingerprint density at radius 2 is 1.65 bits per heavy atom. The number of nitrogens with one attached hydrogen (secondary N) is 1. The van der Waals surface area contributed by atoms with E-state index >= 15 is 0 Å². The molecule has 0 heterocycles. The molecule has 1 nitrogen and oxygen atoms in total. The summed E-state index contributed by atoms with van der Waals surface area (Å²) in [7, 11) is 0. The first-order valence-corrected chi connectivity index (χ1v) is 7.30. The van der Waals surface area contributed by atoms with Gasteiger partial charge in [-0.3, -0.25) is 0 Å². The molecule has 100 valence electrons. The van der Waals surface area contributed by atoms with Crippen molar-refractivity contribution in [3.8, 4) is 0 Å². The fraction of sp³-hybridized carbons (Fsp3) is 1.00. The summed E-state index contributed by atoms with van der Waals surface area (Å²) >= 11 is 0. The summed E-state index contributed by atoms with van der Waals surface area (Å²) in [5.74, 6) is 0.867. The lowest BCUT2D eigenvalue weighted by Gasteiger charge is -2.31. The molecule has 2 aliphatic carbocycles. The van der Waals surface area contributed by atoms with Gasteiger partial charge in [-0.1, -0.05) is 34.1 Å². The molecule has 2 rings (SSSR count). The van der Waals surface area contributed by atoms with Crippen molar-refractivity contribution in [1.29, 1.82) is 0 Å². The molecule has 0 bridgehead atoms. The lowest BCUT2D eigenvalue weighted by Crippen LogP contribution is -2.38. The molecule has 1 spiro atoms. The lowest BCUT2D eigenvalue weighted by atomic mass is 9.74. The van der Waals surface area contributed by atoms with Gasteiger partial charge in [-0.15, -0.1) is 0 Å². The van der Waals surface area contributed by atoms with E-state index < -0.39 is 0 Å². The molecule has 2 fully saturated rings. The third-order valence-electron chi connectivity index (χ3n) is 5.95. The van der Waals surface area contributed by atoms with Crippen LogP contribution in [0.1, 0.15) is 67.7 Å². The zero-order valence-corrected chi connectivity index (χ0v) is 12.9. The largest absolute Gasteiger partial charge is 0.312 e. The maximum Gasteiger partial charge on any atom is 0.00966 e. The van der Waals surface area contributed by atoms with E-state index in [1.54, 1.807) is 0 Å². The Kier molecular flexibility index (Phi) is 2.75. The second-order valence-electron chi connectivity index (χ2n) is 8.61. The first-order valence-electron chi connectivity index (χ1n) is 7.30. The maximum absolute atomic E-state index is 3.73. The van der Waals surface area contributed by atoms with Gasteiger partial charge in [-0.25, -0.2) is 0 Å². The van der Waals surface area contributed by atoms with E-state index in [9.17, 15) is 0 Å². The fourth-order valence-corrected chi connectivity index (χ4v) is 5.01. The van der Waals surface area contributed by atoms with E-state index in [1.807, 2.05) is 0 Å². The Morgan fingerprint density at radius 3 is 2.06 bits per heavy atom. The van der Waals surface area contributed by atoms with Gasteiger partial charge in [0.25, 0.3) is 0 Å². The molecule has 17 heavy (non-hydrogen) atoms. The zero-order chi connectivity index (χ0) is 13.1. The Balaban J connectivity index is 2.11. The van der Waals surface area contributed by atoms with Crippen molar-refractivity contribution in [1.82, 2.24) is 5.32 Å². The molecule has 2 aliphatic rings. The molecule has 0 amide bonds. The summed E-state index contributed by atoms with van der Waals surface area (Å²) in [6, 6.07) is 0. The third kappa shape index (κ3) is 1.77. The molecule has 0 aromatic heterocycles. The standard InChI is InChI=1S/C16H31N/c1-13(2,3)17-11-12-15(6,7)16(12)10-8-9-14(16,4)5/h12,17H,8-11H2,1-7H3. The molecular weight excluding hydrogens is 206 g/mol. The van der Waals surface area contributed by atoms with E-state index in [4.69, 9.17) is 0 Å². The van der Waals surface area contributed by atoms with Gasteiger partial charge < -0.3 is 5.32 Å². The fourth-order valence-electron chi connectivity index (χ4n) is 5.01. The van der Waals surface area contributed by atoms with Crippen molar-refractivity contribution < 1.29 is 0 Å². The molecule has 0 aliphatic heterocycles. The monoisotopic (exact) mass is 237 g/mol. The van der Waals surface area contributed by atoms with E-state index in [0.29, 0.717) is 16.2 Å². The van der Waals surface area contributed by atoms with Crippen LogP contribution in [0.15, 0.2) is 0 Å². The Hall–Kier alpha value is -0.0400. The zero-order valence-electron chi connectivity index (χ0n) is 12.9. The summed E-state index contributed by atoms with van der Waals surface area (Å²) < 4.78 is 0. The first kappa shape index (κ1) is 13.4. The quantitative estimate of drug-likeness (QED) is 0.758. The highest BCUT2D eigenvalue weighted by atomic mass is 15.0. The predicted molar refractivity (Wildman–Crippen MR) is 75.1 cm³/mol. The molecule has 1 heteroatoms. The van der Waals surface area contributed by atoms with Gasteiger partial charge >= 0.3 is 0 Å². The molecule has 1 N–H and O–H groups in total. The molecule has 0 radical (unpaired) electrons. The smallest absolute Gasteiger partial charge is 0.00966 e. The summed E-state index contributed by atoms with van der Waals surface area (Å²) in [4.78, 5) is 0. The maximum atomic E-state index is 3.73. The molecule has 2 atom stereocenters. The van der Waals surface area contributed by atoms with Crippen LogP contribution in [-0.4, -0.2) is 12.1 Å². The molecular formula is C16H31N. The van der Waals surface area contributed by atoms with E-state index in [1.165, 1.54) is 25.8 Å². The average molecular weight is 237 g/mol. The Labute approximate surface area is 108 Å². The summed E-state index contributed by atoms with van der Waals surface area (Å²) in [5.41, 5.74) is 1.94. The van der Waals surface area contributed by atoms with Crippen LogP contribution in [0.4, 0.5) is 0 Å². The van der Waals surface area contributed by atoms with Crippen LogP contribution in [0, 0.1) is 22.2 Å². The highest BCUT2D eigenvalue weighted by molar-refractivity contribution is 5.24. The van der Waals surface area contributed by atoms with E-state index in [2.05, 4.69) is 53.8 Å². The second kappa shape index (κ2) is 3.50. The van der Waals surface area contributed by atoms with E-state index in [0.717, 1.165) is 5.92 Å². The van der Waals surface area contributed by atoms with Gasteiger partial charge in [0.15, 0.2) is 0 Å². The van der Waals surface area contributed by atoms with Crippen LogP contribution < -0.4 is 5.32 Å². The summed E-state index contributed by atoms with van der Waals surface area (Å²) in [5, 5.41) is 3.73. The minimum absolute atomic E-state index is 0.253. The highest BCUT2D eigenvalue weighted by Crippen LogP contribution is 2.81. The molecule has 0 aromatic carbocycles. The molecule has 0 aromatic rings. The topological polar surface area (TPSA) is 12.0 Å². The van der Waals surface area contributed by atoms with Crippen LogP contribution in [0.2, 0.25) is 0 Å². The Bertz CT molecular complexity index is 308. The van der Waals surface area contributed by atoms with Gasteiger partial charge in [0.1, 0.15) is 0 Å². The predicted octanol–water partition coefficient (Wildman–Crippen LogP) is 4.23. The number of hydrogen-bond donors (Lipinski definition) is 1. The SMILES string of the molecule is CC(C)(C)NCC1C(C)(C)C12CCCC2(C)C. The van der Waals surface area contributed by atoms with Crippen LogP contribution in [0.5, 0.6) is 0 Å². The first-order chi connectivity index (χ1) is 7.55. The molecule has 0 saturated heterocycles. The van der Waals surface area contributed by atoms with Crippen molar-refractivity contribution in [2.45, 2.75) is 73.3 Å². The van der Waals surface area contributed by atoms with Crippen molar-refractivity contribution in [3.05, 3.63) is 0 Å². The van der Waals surface area contributed by atoms with Crippen molar-refractivity contribution in [2.75, 3.05) is 6.54 Å². The third-order valence-corrected chi connectivity index (χ3v) is 5.95. The molecule has 2 unspecified atom stereocenters. The van der Waals surface area contributed by atoms with Crippen molar-refractivity contribution in [3.63, 3.8) is 0 Å². The van der Waals surface area contributed by atoms with Crippen LogP contribution in [0.25, 0.3) is 0 Å². The minimum Gasteiger partial charge on any atom is -0.312 e. The summed E-state index contributed by atoms with van der Waals surface area (Å²) in [6.07, 6.45) is 4.30. The minimum atomic E-state index is 0.253. The van der Waals surface area contributed by atoms with Crippen molar-refractivity contribution >= 4 is 0 Å². The average Bonchev–Trinajstić information content (AvgIpc) is 2.41.